The summed E-state index contributed by atoms with van der Waals surface area (Å²) >= 11 is 1.57. The molecule has 2 amide bonds. The lowest BCUT2D eigenvalue weighted by atomic mass is 10.0. The number of piperidine rings is 1. The fourth-order valence-corrected chi connectivity index (χ4v) is 3.86. The van der Waals surface area contributed by atoms with Crippen LogP contribution in [-0.4, -0.2) is 47.9 Å². The van der Waals surface area contributed by atoms with Crippen LogP contribution in [0, 0.1) is 0 Å². The number of hydrogen-bond acceptors (Lipinski definition) is 5. The Morgan fingerprint density at radius 3 is 3.00 bits per heavy atom. The zero-order valence-electron chi connectivity index (χ0n) is 13.7. The minimum Gasteiger partial charge on any atom is -0.364 e. The summed E-state index contributed by atoms with van der Waals surface area (Å²) in [7, 11) is 1.60. The first-order chi connectivity index (χ1) is 11.7. The molecule has 1 fully saturated rings. The molecule has 1 aliphatic heterocycles. The summed E-state index contributed by atoms with van der Waals surface area (Å²) in [6.45, 7) is 0.897. The maximum Gasteiger partial charge on any atom is 0.249 e. The molecule has 0 saturated carbocycles. The average molecular weight is 347 g/mol. The molecule has 0 bridgehead atoms. The standard InChI is InChI=1S/C17H21N3O3S/c1-18-17(22)13-7-4-5-9-20(13)16(21)11-23-10-15-19-12-6-2-3-8-14(12)24-15/h2-3,6,8,13H,4-5,7,9-11H2,1H3,(H,18,22)/t13-/m1/s1. The molecule has 1 aliphatic rings. The van der Waals surface area contributed by atoms with E-state index in [1.165, 1.54) is 0 Å². The molecule has 1 aromatic heterocycles. The lowest BCUT2D eigenvalue weighted by molar-refractivity contribution is -0.146. The van der Waals surface area contributed by atoms with E-state index in [1.54, 1.807) is 23.3 Å². The number of amides is 2. The summed E-state index contributed by atoms with van der Waals surface area (Å²) in [5, 5.41) is 3.49. The summed E-state index contributed by atoms with van der Waals surface area (Å²) in [5.74, 6) is -0.237. The van der Waals surface area contributed by atoms with Crippen molar-refractivity contribution in [3.63, 3.8) is 0 Å². The average Bonchev–Trinajstić information content (AvgIpc) is 3.03. The molecule has 1 aromatic carbocycles. The molecule has 7 heteroatoms. The number of nitrogens with one attached hydrogen (secondary N) is 1. The molecule has 1 N–H and O–H groups in total. The molecule has 3 rings (SSSR count). The van der Waals surface area contributed by atoms with Gasteiger partial charge in [0.1, 0.15) is 17.7 Å². The molecule has 2 aromatic rings. The Balaban J connectivity index is 1.55. The van der Waals surface area contributed by atoms with E-state index >= 15 is 0 Å². The van der Waals surface area contributed by atoms with Crippen molar-refractivity contribution in [2.24, 2.45) is 0 Å². The first-order valence-corrected chi connectivity index (χ1v) is 8.94. The van der Waals surface area contributed by atoms with Crippen LogP contribution in [0.5, 0.6) is 0 Å². The monoisotopic (exact) mass is 347 g/mol. The van der Waals surface area contributed by atoms with Crippen LogP contribution in [0.1, 0.15) is 24.3 Å². The van der Waals surface area contributed by atoms with Crippen molar-refractivity contribution >= 4 is 33.4 Å². The second kappa shape index (κ2) is 7.72. The lowest BCUT2D eigenvalue weighted by Gasteiger charge is -2.34. The number of ether oxygens (including phenoxy) is 1. The zero-order valence-corrected chi connectivity index (χ0v) is 14.5. The van der Waals surface area contributed by atoms with Crippen molar-refractivity contribution in [2.75, 3.05) is 20.2 Å². The van der Waals surface area contributed by atoms with Gasteiger partial charge in [0.05, 0.1) is 16.8 Å². The minimum absolute atomic E-state index is 0.0244. The van der Waals surface area contributed by atoms with E-state index in [-0.39, 0.29) is 24.5 Å². The Morgan fingerprint density at radius 2 is 2.21 bits per heavy atom. The van der Waals surface area contributed by atoms with Gasteiger partial charge in [0.2, 0.25) is 11.8 Å². The molecule has 0 unspecified atom stereocenters. The lowest BCUT2D eigenvalue weighted by Crippen LogP contribution is -2.52. The van der Waals surface area contributed by atoms with Gasteiger partial charge in [-0.05, 0) is 31.4 Å². The van der Waals surface area contributed by atoms with Gasteiger partial charge in [0, 0.05) is 13.6 Å². The Bertz CT molecular complexity index is 698. The summed E-state index contributed by atoms with van der Waals surface area (Å²) in [4.78, 5) is 30.4. The van der Waals surface area contributed by atoms with Crippen LogP contribution >= 0.6 is 11.3 Å². The van der Waals surface area contributed by atoms with Crippen LogP contribution in [0.25, 0.3) is 10.2 Å². The molecule has 24 heavy (non-hydrogen) atoms. The van der Waals surface area contributed by atoms with E-state index < -0.39 is 0 Å². The highest BCUT2D eigenvalue weighted by molar-refractivity contribution is 7.18. The highest BCUT2D eigenvalue weighted by atomic mass is 32.1. The zero-order chi connectivity index (χ0) is 16.9. The number of nitrogens with zero attached hydrogens (tertiary/aromatic N) is 2. The molecule has 6 nitrogen and oxygen atoms in total. The van der Waals surface area contributed by atoms with Crippen LogP contribution in [-0.2, 0) is 20.9 Å². The number of thiazole rings is 1. The largest absolute Gasteiger partial charge is 0.364 e. The van der Waals surface area contributed by atoms with Gasteiger partial charge in [-0.1, -0.05) is 12.1 Å². The number of rotatable bonds is 5. The van der Waals surface area contributed by atoms with Crippen molar-refractivity contribution in [2.45, 2.75) is 31.9 Å². The van der Waals surface area contributed by atoms with Crippen LogP contribution in [0.3, 0.4) is 0 Å². The second-order valence-corrected chi connectivity index (χ2v) is 6.90. The molecular weight excluding hydrogens is 326 g/mol. The van der Waals surface area contributed by atoms with Gasteiger partial charge >= 0.3 is 0 Å². The molecule has 0 spiro atoms. The number of fused-ring (bicyclic) bond motifs is 1. The van der Waals surface area contributed by atoms with E-state index in [4.69, 9.17) is 4.74 Å². The van der Waals surface area contributed by atoms with Crippen LogP contribution in [0.4, 0.5) is 0 Å². The van der Waals surface area contributed by atoms with Gasteiger partial charge in [0.15, 0.2) is 0 Å². The highest BCUT2D eigenvalue weighted by Gasteiger charge is 2.31. The molecule has 0 aliphatic carbocycles. The van der Waals surface area contributed by atoms with Crippen molar-refractivity contribution in [3.05, 3.63) is 29.3 Å². The third-order valence-corrected chi connectivity index (χ3v) is 5.17. The van der Waals surface area contributed by atoms with Crippen LogP contribution in [0.15, 0.2) is 24.3 Å². The summed E-state index contributed by atoms with van der Waals surface area (Å²) in [5.41, 5.74) is 0.947. The van der Waals surface area contributed by atoms with Gasteiger partial charge in [-0.3, -0.25) is 9.59 Å². The van der Waals surface area contributed by atoms with Crippen molar-refractivity contribution in [3.8, 4) is 0 Å². The van der Waals surface area contributed by atoms with E-state index in [1.807, 2.05) is 24.3 Å². The molecule has 2 heterocycles. The maximum atomic E-state index is 12.4. The Morgan fingerprint density at radius 1 is 1.38 bits per heavy atom. The van der Waals surface area contributed by atoms with E-state index in [0.29, 0.717) is 19.6 Å². The maximum absolute atomic E-state index is 12.4. The number of para-hydroxylation sites is 1. The summed E-state index contributed by atoms with van der Waals surface area (Å²) < 4.78 is 6.66. The molecule has 128 valence electrons. The molecule has 0 radical (unpaired) electrons. The first kappa shape index (κ1) is 16.9. The van der Waals surface area contributed by atoms with E-state index in [0.717, 1.165) is 28.1 Å². The van der Waals surface area contributed by atoms with E-state index in [2.05, 4.69) is 10.3 Å². The number of carbonyl (C=O) groups is 2. The van der Waals surface area contributed by atoms with Gasteiger partial charge in [-0.2, -0.15) is 0 Å². The second-order valence-electron chi connectivity index (χ2n) is 5.78. The Hall–Kier alpha value is -1.99. The first-order valence-electron chi connectivity index (χ1n) is 8.12. The molecular formula is C17H21N3O3S. The van der Waals surface area contributed by atoms with Crippen LogP contribution in [0.2, 0.25) is 0 Å². The smallest absolute Gasteiger partial charge is 0.249 e. The number of hydrogen-bond donors (Lipinski definition) is 1. The number of benzene rings is 1. The highest BCUT2D eigenvalue weighted by Crippen LogP contribution is 2.22. The van der Waals surface area contributed by atoms with Crippen molar-refractivity contribution in [1.29, 1.82) is 0 Å². The van der Waals surface area contributed by atoms with Gasteiger partial charge in [-0.15, -0.1) is 11.3 Å². The predicted molar refractivity (Wildman–Crippen MR) is 92.7 cm³/mol. The number of likely N-dealkylation sites (N-methyl/N-ethyl adjacent to an activating group) is 1. The summed E-state index contributed by atoms with van der Waals surface area (Å²) in [6, 6.07) is 7.53. The minimum atomic E-state index is -0.373. The van der Waals surface area contributed by atoms with E-state index in [9.17, 15) is 9.59 Å². The molecule has 1 saturated heterocycles. The number of aromatic nitrogens is 1. The van der Waals surface area contributed by atoms with Crippen LogP contribution < -0.4 is 5.32 Å². The van der Waals surface area contributed by atoms with Gasteiger partial charge < -0.3 is 15.0 Å². The van der Waals surface area contributed by atoms with Gasteiger partial charge in [0.25, 0.3) is 0 Å². The molecule has 1 atom stereocenters. The third kappa shape index (κ3) is 3.73. The Kier molecular flexibility index (Phi) is 5.42. The predicted octanol–water partition coefficient (Wildman–Crippen LogP) is 1.94. The number of carbonyl (C=O) groups excluding carboxylic acids is 2. The normalized spacial score (nSPS) is 17.9. The quantitative estimate of drug-likeness (QED) is 0.897. The fraction of sp³-hybridized carbons (Fsp3) is 0.471. The fourth-order valence-electron chi connectivity index (χ4n) is 2.96. The van der Waals surface area contributed by atoms with Crippen molar-refractivity contribution < 1.29 is 14.3 Å². The number of likely N-dealkylation sites (tertiary alicyclic amines) is 1. The topological polar surface area (TPSA) is 71.5 Å². The Labute approximate surface area is 144 Å². The van der Waals surface area contributed by atoms with Crippen molar-refractivity contribution in [1.82, 2.24) is 15.2 Å². The summed E-state index contributed by atoms with van der Waals surface area (Å²) in [6.07, 6.45) is 2.61. The van der Waals surface area contributed by atoms with Gasteiger partial charge in [-0.25, -0.2) is 4.98 Å². The third-order valence-electron chi connectivity index (χ3n) is 4.16. The SMILES string of the molecule is CNC(=O)[C@H]1CCCCN1C(=O)COCc1nc2ccccc2s1.